The van der Waals surface area contributed by atoms with Crippen LogP contribution in [0.4, 0.5) is 0 Å². The first kappa shape index (κ1) is 11.8. The number of hydrogen-bond donors (Lipinski definition) is 3. The molecule has 1 aliphatic rings. The fourth-order valence-corrected chi connectivity index (χ4v) is 1.77. The molecule has 88 valence electrons. The van der Waals surface area contributed by atoms with Gasteiger partial charge in [-0.1, -0.05) is 23.2 Å². The van der Waals surface area contributed by atoms with Crippen molar-refractivity contribution in [2.75, 3.05) is 13.2 Å². The van der Waals surface area contributed by atoms with Crippen molar-refractivity contribution in [3.63, 3.8) is 0 Å². The van der Waals surface area contributed by atoms with Gasteiger partial charge in [-0.25, -0.2) is 0 Å². The summed E-state index contributed by atoms with van der Waals surface area (Å²) in [5, 5.41) is 12.4. The number of nitrogens with one attached hydrogen (secondary N) is 2. The van der Waals surface area contributed by atoms with E-state index in [1.54, 1.807) is 0 Å². The fourth-order valence-electron chi connectivity index (χ4n) is 1.46. The number of rotatable bonds is 4. The van der Waals surface area contributed by atoms with E-state index >= 15 is 0 Å². The molecule has 1 heterocycles. The van der Waals surface area contributed by atoms with Gasteiger partial charge < -0.3 is 15.4 Å². The van der Waals surface area contributed by atoms with E-state index in [9.17, 15) is 4.79 Å². The van der Waals surface area contributed by atoms with Crippen LogP contribution in [0.2, 0.25) is 10.2 Å². The van der Waals surface area contributed by atoms with Gasteiger partial charge in [0.05, 0.1) is 11.6 Å². The molecule has 0 radical (unpaired) electrons. The lowest BCUT2D eigenvalue weighted by Crippen LogP contribution is -2.32. The average molecular weight is 263 g/mol. The molecule has 0 bridgehead atoms. The minimum absolute atomic E-state index is 0.101. The molecule has 0 unspecified atom stereocenters. The molecule has 16 heavy (non-hydrogen) atoms. The SMILES string of the molecule is O=C(NCC1(CO)CC1)c1cc(Cl)c(Cl)[nH]1. The Morgan fingerprint density at radius 2 is 2.25 bits per heavy atom. The Labute approximate surface area is 103 Å². The molecule has 2 rings (SSSR count). The smallest absolute Gasteiger partial charge is 0.267 e. The van der Waals surface area contributed by atoms with E-state index in [1.165, 1.54) is 6.07 Å². The van der Waals surface area contributed by atoms with E-state index in [-0.39, 0.29) is 23.1 Å². The number of aromatic nitrogens is 1. The van der Waals surface area contributed by atoms with Crippen molar-refractivity contribution in [2.24, 2.45) is 5.41 Å². The number of halogens is 2. The highest BCUT2D eigenvalue weighted by atomic mass is 35.5. The number of aliphatic hydroxyl groups is 1. The van der Waals surface area contributed by atoms with E-state index in [4.69, 9.17) is 28.3 Å². The van der Waals surface area contributed by atoms with Crippen LogP contribution in [0.3, 0.4) is 0 Å². The van der Waals surface area contributed by atoms with Gasteiger partial charge in [0.15, 0.2) is 0 Å². The number of H-pyrrole nitrogens is 1. The summed E-state index contributed by atoms with van der Waals surface area (Å²) in [5.74, 6) is -0.256. The summed E-state index contributed by atoms with van der Waals surface area (Å²) < 4.78 is 0. The molecular formula is C10H12Cl2N2O2. The van der Waals surface area contributed by atoms with Crippen molar-refractivity contribution < 1.29 is 9.90 Å². The van der Waals surface area contributed by atoms with Crippen LogP contribution in [0.15, 0.2) is 6.07 Å². The van der Waals surface area contributed by atoms with Crippen molar-refractivity contribution >= 4 is 29.1 Å². The van der Waals surface area contributed by atoms with Crippen LogP contribution in [-0.2, 0) is 0 Å². The maximum Gasteiger partial charge on any atom is 0.267 e. The predicted octanol–water partition coefficient (Wildman–Crippen LogP) is 1.82. The molecular weight excluding hydrogens is 251 g/mol. The third-order valence-electron chi connectivity index (χ3n) is 2.89. The summed E-state index contributed by atoms with van der Waals surface area (Å²) in [6.45, 7) is 0.593. The standard InChI is InChI=1S/C10H12Cl2N2O2/c11-6-3-7(14-8(6)12)9(16)13-4-10(5-15)1-2-10/h3,14-15H,1-2,4-5H2,(H,13,16). The summed E-state index contributed by atoms with van der Waals surface area (Å²) >= 11 is 11.4. The van der Waals surface area contributed by atoms with Crippen LogP contribution in [0, 0.1) is 5.41 Å². The highest BCUT2D eigenvalue weighted by Crippen LogP contribution is 2.44. The summed E-state index contributed by atoms with van der Waals surface area (Å²) in [6.07, 6.45) is 1.91. The van der Waals surface area contributed by atoms with Crippen LogP contribution < -0.4 is 5.32 Å². The Kier molecular flexibility index (Phi) is 3.15. The zero-order valence-electron chi connectivity index (χ0n) is 8.52. The Morgan fingerprint density at radius 1 is 1.56 bits per heavy atom. The van der Waals surface area contributed by atoms with E-state index in [1.807, 2.05) is 0 Å². The highest BCUT2D eigenvalue weighted by Gasteiger charge is 2.42. The predicted molar refractivity (Wildman–Crippen MR) is 61.9 cm³/mol. The van der Waals surface area contributed by atoms with Gasteiger partial charge in [-0.2, -0.15) is 0 Å². The summed E-state index contributed by atoms with van der Waals surface area (Å²) in [5.41, 5.74) is 0.235. The number of amides is 1. The topological polar surface area (TPSA) is 65.1 Å². The molecule has 1 aromatic heterocycles. The molecule has 0 saturated heterocycles. The fraction of sp³-hybridized carbons (Fsp3) is 0.500. The Balaban J connectivity index is 1.93. The van der Waals surface area contributed by atoms with Crippen molar-refractivity contribution in [2.45, 2.75) is 12.8 Å². The molecule has 0 aliphatic heterocycles. The first-order valence-electron chi connectivity index (χ1n) is 4.99. The van der Waals surface area contributed by atoms with Crippen LogP contribution in [-0.4, -0.2) is 29.1 Å². The zero-order valence-corrected chi connectivity index (χ0v) is 10.0. The second-order valence-corrected chi connectivity index (χ2v) is 4.97. The van der Waals surface area contributed by atoms with Gasteiger partial charge in [0.25, 0.3) is 5.91 Å². The monoisotopic (exact) mass is 262 g/mol. The van der Waals surface area contributed by atoms with Crippen LogP contribution in [0.25, 0.3) is 0 Å². The van der Waals surface area contributed by atoms with Crippen molar-refractivity contribution in [3.8, 4) is 0 Å². The first-order valence-corrected chi connectivity index (χ1v) is 5.75. The molecule has 0 aromatic carbocycles. The molecule has 1 aliphatic carbocycles. The molecule has 3 N–H and O–H groups in total. The number of aliphatic hydroxyl groups excluding tert-OH is 1. The lowest BCUT2D eigenvalue weighted by atomic mass is 10.1. The van der Waals surface area contributed by atoms with E-state index in [0.717, 1.165) is 12.8 Å². The van der Waals surface area contributed by atoms with Crippen LogP contribution in [0.1, 0.15) is 23.3 Å². The van der Waals surface area contributed by atoms with E-state index in [0.29, 0.717) is 17.3 Å². The zero-order chi connectivity index (χ0) is 11.8. The number of hydrogen-bond acceptors (Lipinski definition) is 2. The normalized spacial score (nSPS) is 17.2. The van der Waals surface area contributed by atoms with Crippen LogP contribution in [0.5, 0.6) is 0 Å². The molecule has 1 amide bonds. The summed E-state index contributed by atoms with van der Waals surface area (Å²) in [4.78, 5) is 14.3. The van der Waals surface area contributed by atoms with Gasteiger partial charge in [0, 0.05) is 12.0 Å². The number of carbonyl (C=O) groups is 1. The molecule has 1 saturated carbocycles. The third kappa shape index (κ3) is 2.34. The highest BCUT2D eigenvalue weighted by molar-refractivity contribution is 6.41. The third-order valence-corrected chi connectivity index (χ3v) is 3.58. The Morgan fingerprint density at radius 3 is 2.69 bits per heavy atom. The maximum absolute atomic E-state index is 11.7. The van der Waals surface area contributed by atoms with Gasteiger partial charge in [-0.3, -0.25) is 4.79 Å². The molecule has 0 spiro atoms. The van der Waals surface area contributed by atoms with Crippen LogP contribution >= 0.6 is 23.2 Å². The molecule has 6 heteroatoms. The lowest BCUT2D eigenvalue weighted by molar-refractivity contribution is 0.0931. The lowest BCUT2D eigenvalue weighted by Gasteiger charge is -2.11. The summed E-state index contributed by atoms with van der Waals surface area (Å²) in [6, 6.07) is 1.48. The number of carbonyl (C=O) groups excluding carboxylic acids is 1. The summed E-state index contributed by atoms with van der Waals surface area (Å²) in [7, 11) is 0. The quantitative estimate of drug-likeness (QED) is 0.775. The minimum Gasteiger partial charge on any atom is -0.396 e. The van der Waals surface area contributed by atoms with E-state index in [2.05, 4.69) is 10.3 Å². The number of aromatic amines is 1. The largest absolute Gasteiger partial charge is 0.396 e. The Bertz CT molecular complexity index is 393. The first-order chi connectivity index (χ1) is 7.56. The maximum atomic E-state index is 11.7. The molecule has 1 aromatic rings. The van der Waals surface area contributed by atoms with Crippen molar-refractivity contribution in [3.05, 3.63) is 21.9 Å². The second kappa shape index (κ2) is 4.28. The molecule has 1 fully saturated rings. The van der Waals surface area contributed by atoms with Gasteiger partial charge in [0.2, 0.25) is 0 Å². The van der Waals surface area contributed by atoms with Gasteiger partial charge >= 0.3 is 0 Å². The molecule has 4 nitrogen and oxygen atoms in total. The Hall–Kier alpha value is -0.710. The van der Waals surface area contributed by atoms with Gasteiger partial charge in [-0.05, 0) is 18.9 Å². The minimum atomic E-state index is -0.256. The van der Waals surface area contributed by atoms with Gasteiger partial charge in [-0.15, -0.1) is 0 Å². The molecule has 0 atom stereocenters. The van der Waals surface area contributed by atoms with Gasteiger partial charge in [0.1, 0.15) is 10.8 Å². The van der Waals surface area contributed by atoms with E-state index < -0.39 is 0 Å². The second-order valence-electron chi connectivity index (χ2n) is 4.19. The van der Waals surface area contributed by atoms with Crippen molar-refractivity contribution in [1.82, 2.24) is 10.3 Å². The van der Waals surface area contributed by atoms with Crippen molar-refractivity contribution in [1.29, 1.82) is 0 Å². The average Bonchev–Trinajstić information content (AvgIpc) is 2.98.